The van der Waals surface area contributed by atoms with Crippen molar-refractivity contribution in [1.29, 1.82) is 0 Å². The van der Waals surface area contributed by atoms with Crippen LogP contribution in [0.3, 0.4) is 0 Å². The SMILES string of the molecule is CON(C)S(=O)(=O)c1cc(C(=O)Nc2ccccc2C)ccc1Cl. The lowest BCUT2D eigenvalue weighted by atomic mass is 10.1. The fourth-order valence-electron chi connectivity index (χ4n) is 1.99. The van der Waals surface area contributed by atoms with Crippen LogP contribution < -0.4 is 5.32 Å². The third kappa shape index (κ3) is 3.76. The van der Waals surface area contributed by atoms with E-state index in [0.717, 1.165) is 5.56 Å². The highest BCUT2D eigenvalue weighted by Gasteiger charge is 2.25. The predicted molar refractivity (Wildman–Crippen MR) is 92.5 cm³/mol. The van der Waals surface area contributed by atoms with Gasteiger partial charge in [0.1, 0.15) is 4.90 Å². The van der Waals surface area contributed by atoms with Crippen molar-refractivity contribution in [2.75, 3.05) is 19.5 Å². The van der Waals surface area contributed by atoms with Crippen LogP contribution in [-0.4, -0.2) is 33.0 Å². The molecule has 0 saturated carbocycles. The highest BCUT2D eigenvalue weighted by molar-refractivity contribution is 7.89. The second-order valence-electron chi connectivity index (χ2n) is 5.01. The molecule has 0 heterocycles. The van der Waals surface area contributed by atoms with Crippen molar-refractivity contribution < 1.29 is 18.0 Å². The summed E-state index contributed by atoms with van der Waals surface area (Å²) in [6, 6.07) is 11.3. The molecule has 8 heteroatoms. The first-order valence-electron chi connectivity index (χ1n) is 6.97. The van der Waals surface area contributed by atoms with Gasteiger partial charge in [0, 0.05) is 18.3 Å². The maximum Gasteiger partial charge on any atom is 0.266 e. The number of hydrogen-bond donors (Lipinski definition) is 1. The minimum atomic E-state index is -3.96. The molecule has 0 saturated heterocycles. The van der Waals surface area contributed by atoms with Crippen LogP contribution in [0.2, 0.25) is 5.02 Å². The summed E-state index contributed by atoms with van der Waals surface area (Å²) >= 11 is 5.98. The number of carbonyl (C=O) groups is 1. The first-order valence-corrected chi connectivity index (χ1v) is 8.78. The minimum Gasteiger partial charge on any atom is -0.322 e. The van der Waals surface area contributed by atoms with E-state index in [9.17, 15) is 13.2 Å². The zero-order chi connectivity index (χ0) is 17.9. The third-order valence-electron chi connectivity index (χ3n) is 3.46. The van der Waals surface area contributed by atoms with Gasteiger partial charge in [-0.05, 0) is 36.8 Å². The van der Waals surface area contributed by atoms with Crippen molar-refractivity contribution in [1.82, 2.24) is 4.47 Å². The van der Waals surface area contributed by atoms with Crippen molar-refractivity contribution in [3.05, 3.63) is 58.6 Å². The standard InChI is InChI=1S/C16H17ClN2O4S/c1-11-6-4-5-7-14(11)18-16(20)12-8-9-13(17)15(10-12)24(21,22)19(2)23-3/h4-10H,1-3H3,(H,18,20). The van der Waals surface area contributed by atoms with Crippen LogP contribution >= 0.6 is 11.6 Å². The quantitative estimate of drug-likeness (QED) is 0.823. The van der Waals surface area contributed by atoms with Crippen LogP contribution in [0, 0.1) is 6.92 Å². The first-order chi connectivity index (χ1) is 11.3. The minimum absolute atomic E-state index is 0.00587. The molecular weight excluding hydrogens is 352 g/mol. The second kappa shape index (κ2) is 7.31. The number of nitrogens with one attached hydrogen (secondary N) is 1. The maximum atomic E-state index is 12.4. The number of hydroxylamine groups is 1. The summed E-state index contributed by atoms with van der Waals surface area (Å²) in [5, 5.41) is 2.75. The Bertz CT molecular complexity index is 868. The number of rotatable bonds is 5. The number of nitrogens with zero attached hydrogens (tertiary/aromatic N) is 1. The number of hydrogen-bond acceptors (Lipinski definition) is 4. The van der Waals surface area contributed by atoms with E-state index in [1.807, 2.05) is 19.1 Å². The fourth-order valence-corrected chi connectivity index (χ4v) is 3.46. The Kier molecular flexibility index (Phi) is 5.61. The molecule has 1 amide bonds. The van der Waals surface area contributed by atoms with Crippen molar-refractivity contribution in [3.8, 4) is 0 Å². The topological polar surface area (TPSA) is 75.7 Å². The van der Waals surface area contributed by atoms with Crippen molar-refractivity contribution >= 4 is 33.2 Å². The van der Waals surface area contributed by atoms with E-state index >= 15 is 0 Å². The number of aryl methyl sites for hydroxylation is 1. The Balaban J connectivity index is 2.38. The third-order valence-corrected chi connectivity index (χ3v) is 5.62. The molecule has 0 spiro atoms. The van der Waals surface area contributed by atoms with Crippen molar-refractivity contribution in [2.24, 2.45) is 0 Å². The molecule has 0 unspecified atom stereocenters. The number of amides is 1. The summed E-state index contributed by atoms with van der Waals surface area (Å²) in [6.07, 6.45) is 0. The lowest BCUT2D eigenvalue weighted by Crippen LogP contribution is -2.26. The van der Waals surface area contributed by atoms with Gasteiger partial charge in [0.15, 0.2) is 0 Å². The van der Waals surface area contributed by atoms with Gasteiger partial charge in [-0.15, -0.1) is 0 Å². The van der Waals surface area contributed by atoms with E-state index < -0.39 is 15.9 Å². The van der Waals surface area contributed by atoms with Gasteiger partial charge >= 0.3 is 0 Å². The molecule has 0 aliphatic rings. The van der Waals surface area contributed by atoms with Gasteiger partial charge in [0.05, 0.1) is 12.1 Å². The largest absolute Gasteiger partial charge is 0.322 e. The van der Waals surface area contributed by atoms with E-state index in [1.165, 1.54) is 32.4 Å². The molecule has 2 rings (SSSR count). The fraction of sp³-hybridized carbons (Fsp3) is 0.188. The molecule has 0 radical (unpaired) electrons. The lowest BCUT2D eigenvalue weighted by Gasteiger charge is -2.16. The summed E-state index contributed by atoms with van der Waals surface area (Å²) in [5.74, 6) is -0.433. The molecule has 128 valence electrons. The predicted octanol–water partition coefficient (Wildman–Crippen LogP) is 3.08. The molecule has 0 aromatic heterocycles. The summed E-state index contributed by atoms with van der Waals surface area (Å²) < 4.78 is 25.4. The molecule has 24 heavy (non-hydrogen) atoms. The molecule has 2 aromatic carbocycles. The van der Waals surface area contributed by atoms with Gasteiger partial charge in [-0.3, -0.25) is 9.63 Å². The number of halogens is 1. The number of sulfonamides is 1. The smallest absolute Gasteiger partial charge is 0.266 e. The highest BCUT2D eigenvalue weighted by atomic mass is 35.5. The van der Waals surface area contributed by atoms with Gasteiger partial charge < -0.3 is 5.32 Å². The molecule has 0 atom stereocenters. The number of benzene rings is 2. The monoisotopic (exact) mass is 368 g/mol. The van der Waals surface area contributed by atoms with Crippen LogP contribution in [-0.2, 0) is 14.9 Å². The van der Waals surface area contributed by atoms with Gasteiger partial charge in [-0.1, -0.05) is 34.3 Å². The van der Waals surface area contributed by atoms with Gasteiger partial charge in [0.2, 0.25) is 0 Å². The summed E-state index contributed by atoms with van der Waals surface area (Å²) in [6.45, 7) is 1.86. The molecule has 0 bridgehead atoms. The molecule has 1 N–H and O–H groups in total. The van der Waals surface area contributed by atoms with Gasteiger partial charge in [-0.2, -0.15) is 0 Å². The van der Waals surface area contributed by atoms with Crippen molar-refractivity contribution in [2.45, 2.75) is 11.8 Å². The molecule has 0 aliphatic carbocycles. The second-order valence-corrected chi connectivity index (χ2v) is 7.32. The average molecular weight is 369 g/mol. The molecule has 6 nitrogen and oxygen atoms in total. The maximum absolute atomic E-state index is 12.4. The average Bonchev–Trinajstić information content (AvgIpc) is 2.56. The molecule has 2 aromatic rings. The van der Waals surface area contributed by atoms with Gasteiger partial charge in [-0.25, -0.2) is 8.42 Å². The van der Waals surface area contributed by atoms with E-state index in [-0.39, 0.29) is 15.5 Å². The van der Waals surface area contributed by atoms with Crippen LogP contribution in [0.5, 0.6) is 0 Å². The Hall–Kier alpha value is -1.93. The molecular formula is C16H17ClN2O4S. The van der Waals surface area contributed by atoms with Crippen LogP contribution in [0.25, 0.3) is 0 Å². The number of anilines is 1. The van der Waals surface area contributed by atoms with E-state index in [0.29, 0.717) is 10.2 Å². The van der Waals surface area contributed by atoms with Gasteiger partial charge in [0.25, 0.3) is 15.9 Å². The van der Waals surface area contributed by atoms with Crippen LogP contribution in [0.4, 0.5) is 5.69 Å². The van der Waals surface area contributed by atoms with Crippen molar-refractivity contribution in [3.63, 3.8) is 0 Å². The normalized spacial score (nSPS) is 11.5. The molecule has 0 fully saturated rings. The van der Waals surface area contributed by atoms with E-state index in [1.54, 1.807) is 12.1 Å². The number of carbonyl (C=O) groups excluding carboxylic acids is 1. The first kappa shape index (κ1) is 18.4. The molecule has 0 aliphatic heterocycles. The Morgan fingerprint density at radius 2 is 1.88 bits per heavy atom. The summed E-state index contributed by atoms with van der Waals surface area (Å²) in [7, 11) is -1.49. The lowest BCUT2D eigenvalue weighted by molar-refractivity contribution is -0.0258. The van der Waals surface area contributed by atoms with Crippen LogP contribution in [0.15, 0.2) is 47.4 Å². The van der Waals surface area contributed by atoms with Crippen LogP contribution in [0.1, 0.15) is 15.9 Å². The van der Waals surface area contributed by atoms with E-state index in [4.69, 9.17) is 16.4 Å². The Morgan fingerprint density at radius 1 is 1.21 bits per heavy atom. The number of para-hydroxylation sites is 1. The highest BCUT2D eigenvalue weighted by Crippen LogP contribution is 2.26. The Morgan fingerprint density at radius 3 is 2.50 bits per heavy atom. The zero-order valence-electron chi connectivity index (χ0n) is 13.4. The Labute approximate surface area is 146 Å². The zero-order valence-corrected chi connectivity index (χ0v) is 15.0. The van der Waals surface area contributed by atoms with E-state index in [2.05, 4.69) is 5.32 Å². The summed E-state index contributed by atoms with van der Waals surface area (Å²) in [5.41, 5.74) is 1.72. The summed E-state index contributed by atoms with van der Waals surface area (Å²) in [4.78, 5) is 16.9.